The van der Waals surface area contributed by atoms with E-state index in [2.05, 4.69) is 21.0 Å². The van der Waals surface area contributed by atoms with Crippen molar-refractivity contribution in [3.8, 4) is 0 Å². The van der Waals surface area contributed by atoms with Crippen LogP contribution < -0.4 is 0 Å². The first-order valence-electron chi connectivity index (χ1n) is 4.96. The van der Waals surface area contributed by atoms with Crippen molar-refractivity contribution in [3.63, 3.8) is 0 Å². The molecule has 0 fully saturated rings. The summed E-state index contributed by atoms with van der Waals surface area (Å²) in [7, 11) is 0. The zero-order valence-electron chi connectivity index (χ0n) is 8.78. The second-order valence-corrected chi connectivity index (χ2v) is 4.28. The van der Waals surface area contributed by atoms with E-state index in [1.165, 1.54) is 12.1 Å². The summed E-state index contributed by atoms with van der Waals surface area (Å²) in [4.78, 5) is 10.2. The molecule has 0 spiro atoms. The number of nitro benzene ring substituents is 1. The van der Waals surface area contributed by atoms with Gasteiger partial charge in [-0.2, -0.15) is 5.10 Å². The standard InChI is InChI=1S/C10H10BrN3O3/c11-4-9(15)6-13-10-3-8(14(16)17)2-1-7(10)5-12-13/h1-3,5,9,15H,4,6H2. The Kier molecular flexibility index (Phi) is 3.39. The number of benzene rings is 1. The normalized spacial score (nSPS) is 12.8. The summed E-state index contributed by atoms with van der Waals surface area (Å²) in [5.41, 5.74) is 0.673. The van der Waals surface area contributed by atoms with Crippen molar-refractivity contribution in [2.75, 3.05) is 5.33 Å². The molecule has 2 aromatic rings. The van der Waals surface area contributed by atoms with E-state index < -0.39 is 11.0 Å². The maximum Gasteiger partial charge on any atom is 0.271 e. The SMILES string of the molecule is O=[N+]([O-])c1ccc2cnn(CC(O)CBr)c2c1. The topological polar surface area (TPSA) is 81.2 Å². The van der Waals surface area contributed by atoms with Crippen LogP contribution in [0.1, 0.15) is 0 Å². The van der Waals surface area contributed by atoms with Crippen LogP contribution in [0.2, 0.25) is 0 Å². The molecular weight excluding hydrogens is 290 g/mol. The molecule has 0 aliphatic rings. The zero-order chi connectivity index (χ0) is 12.4. The molecule has 1 heterocycles. The lowest BCUT2D eigenvalue weighted by molar-refractivity contribution is -0.384. The predicted molar refractivity (Wildman–Crippen MR) is 66.2 cm³/mol. The number of halogens is 1. The first-order valence-corrected chi connectivity index (χ1v) is 6.08. The Balaban J connectivity index is 2.43. The molecule has 1 N–H and O–H groups in total. The highest BCUT2D eigenvalue weighted by Gasteiger charge is 2.12. The summed E-state index contributed by atoms with van der Waals surface area (Å²) in [6.45, 7) is 0.302. The monoisotopic (exact) mass is 299 g/mol. The summed E-state index contributed by atoms with van der Waals surface area (Å²) >= 11 is 3.16. The van der Waals surface area contributed by atoms with Gasteiger partial charge < -0.3 is 5.11 Å². The third-order valence-corrected chi connectivity index (χ3v) is 3.15. The van der Waals surface area contributed by atoms with Crippen molar-refractivity contribution in [2.24, 2.45) is 0 Å². The molecule has 0 aliphatic heterocycles. The van der Waals surface area contributed by atoms with Gasteiger partial charge in [0.25, 0.3) is 5.69 Å². The molecule has 1 aromatic carbocycles. The molecule has 1 unspecified atom stereocenters. The van der Waals surface area contributed by atoms with Crippen molar-refractivity contribution < 1.29 is 10.0 Å². The second kappa shape index (κ2) is 4.80. The highest BCUT2D eigenvalue weighted by molar-refractivity contribution is 9.09. The number of rotatable bonds is 4. The van der Waals surface area contributed by atoms with Gasteiger partial charge >= 0.3 is 0 Å². The van der Waals surface area contributed by atoms with E-state index in [4.69, 9.17) is 0 Å². The third-order valence-electron chi connectivity index (χ3n) is 2.40. The lowest BCUT2D eigenvalue weighted by atomic mass is 10.2. The van der Waals surface area contributed by atoms with Gasteiger partial charge in [0.05, 0.1) is 29.3 Å². The number of hydrogen-bond donors (Lipinski definition) is 1. The molecule has 90 valence electrons. The van der Waals surface area contributed by atoms with Crippen molar-refractivity contribution in [3.05, 3.63) is 34.5 Å². The molecular formula is C10H10BrN3O3. The second-order valence-electron chi connectivity index (χ2n) is 3.64. The smallest absolute Gasteiger partial charge is 0.271 e. The van der Waals surface area contributed by atoms with Gasteiger partial charge in [-0.05, 0) is 6.07 Å². The van der Waals surface area contributed by atoms with E-state index >= 15 is 0 Å². The first-order chi connectivity index (χ1) is 8.11. The number of nitro groups is 1. The Morgan fingerprint density at radius 1 is 1.59 bits per heavy atom. The number of hydrogen-bond acceptors (Lipinski definition) is 4. The van der Waals surface area contributed by atoms with Crippen LogP contribution in [-0.4, -0.2) is 31.2 Å². The number of aliphatic hydroxyl groups is 1. The Hall–Kier alpha value is -1.47. The fraction of sp³-hybridized carbons (Fsp3) is 0.300. The number of fused-ring (bicyclic) bond motifs is 1. The van der Waals surface area contributed by atoms with Crippen LogP contribution in [0.3, 0.4) is 0 Å². The molecule has 0 saturated heterocycles. The van der Waals surface area contributed by atoms with Crippen LogP contribution >= 0.6 is 15.9 Å². The predicted octanol–water partition coefficient (Wildman–Crippen LogP) is 1.70. The van der Waals surface area contributed by atoms with E-state index in [1.807, 2.05) is 0 Å². The number of nitrogens with zero attached hydrogens (tertiary/aromatic N) is 3. The van der Waals surface area contributed by atoms with E-state index in [1.54, 1.807) is 16.9 Å². The van der Waals surface area contributed by atoms with Gasteiger partial charge in [-0.3, -0.25) is 14.8 Å². The Bertz CT molecular complexity index is 555. The molecule has 0 bridgehead atoms. The van der Waals surface area contributed by atoms with E-state index in [0.29, 0.717) is 17.4 Å². The fourth-order valence-electron chi connectivity index (χ4n) is 1.57. The Morgan fingerprint density at radius 3 is 3.00 bits per heavy atom. The molecule has 1 aromatic heterocycles. The number of alkyl halides is 1. The largest absolute Gasteiger partial charge is 0.390 e. The molecule has 6 nitrogen and oxygen atoms in total. The summed E-state index contributed by atoms with van der Waals surface area (Å²) < 4.78 is 1.56. The minimum Gasteiger partial charge on any atom is -0.390 e. The van der Waals surface area contributed by atoms with Crippen molar-refractivity contribution in [1.82, 2.24) is 9.78 Å². The van der Waals surface area contributed by atoms with E-state index in [-0.39, 0.29) is 5.69 Å². The van der Waals surface area contributed by atoms with Crippen molar-refractivity contribution >= 4 is 32.5 Å². The Morgan fingerprint density at radius 2 is 2.35 bits per heavy atom. The number of non-ortho nitro benzene ring substituents is 1. The van der Waals surface area contributed by atoms with Crippen LogP contribution in [0.4, 0.5) is 5.69 Å². The lowest BCUT2D eigenvalue weighted by Gasteiger charge is -2.07. The summed E-state index contributed by atoms with van der Waals surface area (Å²) in [6.07, 6.45) is 1.05. The molecule has 17 heavy (non-hydrogen) atoms. The highest BCUT2D eigenvalue weighted by atomic mass is 79.9. The quantitative estimate of drug-likeness (QED) is 0.529. The van der Waals surface area contributed by atoms with Crippen molar-refractivity contribution in [2.45, 2.75) is 12.6 Å². The van der Waals surface area contributed by atoms with Crippen LogP contribution in [0.5, 0.6) is 0 Å². The molecule has 0 aliphatic carbocycles. The van der Waals surface area contributed by atoms with Gasteiger partial charge in [0.2, 0.25) is 0 Å². The number of aromatic nitrogens is 2. The number of aliphatic hydroxyl groups excluding tert-OH is 1. The molecule has 0 saturated carbocycles. The summed E-state index contributed by atoms with van der Waals surface area (Å²) in [5, 5.41) is 25.5. The minimum absolute atomic E-state index is 0.0209. The van der Waals surface area contributed by atoms with Crippen LogP contribution in [0.15, 0.2) is 24.4 Å². The fourth-order valence-corrected chi connectivity index (χ4v) is 1.77. The van der Waals surface area contributed by atoms with Gasteiger partial charge in [0.15, 0.2) is 0 Å². The highest BCUT2D eigenvalue weighted by Crippen LogP contribution is 2.20. The Labute approximate surface area is 105 Å². The average molecular weight is 300 g/mol. The molecule has 1 atom stereocenters. The van der Waals surface area contributed by atoms with E-state index in [9.17, 15) is 15.2 Å². The van der Waals surface area contributed by atoms with Gasteiger partial charge in [-0.15, -0.1) is 0 Å². The maximum atomic E-state index is 10.7. The van der Waals surface area contributed by atoms with Crippen molar-refractivity contribution in [1.29, 1.82) is 0 Å². The molecule has 7 heteroatoms. The zero-order valence-corrected chi connectivity index (χ0v) is 10.4. The van der Waals surface area contributed by atoms with Gasteiger partial charge in [-0.25, -0.2) is 0 Å². The molecule has 0 amide bonds. The molecule has 2 rings (SSSR count). The third kappa shape index (κ3) is 2.45. The molecule has 0 radical (unpaired) electrons. The van der Waals surface area contributed by atoms with Crippen LogP contribution in [0.25, 0.3) is 10.9 Å². The van der Waals surface area contributed by atoms with Gasteiger partial charge in [0.1, 0.15) is 0 Å². The van der Waals surface area contributed by atoms with Crippen LogP contribution in [0, 0.1) is 10.1 Å². The lowest BCUT2D eigenvalue weighted by Crippen LogP contribution is -2.17. The van der Waals surface area contributed by atoms with Crippen LogP contribution in [-0.2, 0) is 6.54 Å². The summed E-state index contributed by atoms with van der Waals surface area (Å²) in [6, 6.07) is 4.55. The average Bonchev–Trinajstić information content (AvgIpc) is 2.71. The maximum absolute atomic E-state index is 10.7. The van der Waals surface area contributed by atoms with Gasteiger partial charge in [-0.1, -0.05) is 15.9 Å². The summed E-state index contributed by atoms with van der Waals surface area (Å²) in [5.74, 6) is 0. The minimum atomic E-state index is -0.572. The van der Waals surface area contributed by atoms with Gasteiger partial charge in [0, 0.05) is 22.8 Å². The first kappa shape index (κ1) is 12.0. The van der Waals surface area contributed by atoms with E-state index in [0.717, 1.165) is 5.39 Å².